The minimum Gasteiger partial charge on any atom is -0.497 e. The normalized spacial score (nSPS) is 16.7. The summed E-state index contributed by atoms with van der Waals surface area (Å²) < 4.78 is 18.7. The van der Waals surface area contributed by atoms with Crippen molar-refractivity contribution in [1.29, 1.82) is 0 Å². The first-order valence-corrected chi connectivity index (χ1v) is 23.5. The van der Waals surface area contributed by atoms with Gasteiger partial charge >= 0.3 is 6.03 Å². The number of amides is 5. The van der Waals surface area contributed by atoms with Crippen LogP contribution in [0, 0.1) is 0 Å². The maximum atomic E-state index is 14.0. The number of nitrogens with one attached hydrogen (secondary N) is 5. The summed E-state index contributed by atoms with van der Waals surface area (Å²) in [5.74, 6) is 2.44. The second kappa shape index (κ2) is 21.3. The first-order chi connectivity index (χ1) is 32.2. The van der Waals surface area contributed by atoms with E-state index in [2.05, 4.69) is 26.6 Å². The SMILES string of the molecule is CCOc1ccc(C(NC(=O)c2ccc(-n3nc(-c4ccc(C(=O)NCCCNC(=O)CCCCC5SCC6NC(=O)NC65)cc4)c4ccccc43)cc2)c2ccc(OC)cc2OC)cc1. The molecule has 0 spiro atoms. The molecular formula is C51H55N7O7S. The molecule has 5 amide bonds. The summed E-state index contributed by atoms with van der Waals surface area (Å²) in [5.41, 5.74) is 5.88. The first kappa shape index (κ1) is 45.6. The fourth-order valence-corrected chi connectivity index (χ4v) is 10.1. The first-order valence-electron chi connectivity index (χ1n) is 22.4. The Morgan fingerprint density at radius 1 is 0.803 bits per heavy atom. The summed E-state index contributed by atoms with van der Waals surface area (Å²) in [6.45, 7) is 3.39. The standard InChI is InChI=1S/C51H55N7O7S/c1-4-65-37-24-20-32(21-25-37)46(40-27-26-38(63-2)30-43(40)64-3)55-50(61)35-18-22-36(23-19-35)58-42-11-6-5-10-39(42)47(57-58)33-14-16-34(17-15-33)49(60)53-29-9-28-52-45(59)13-8-7-12-44-48-41(31-66-44)54-51(62)56-48/h5-6,10-11,14-27,30,41,44,46,48H,4,7-9,12-13,28-29,31H2,1-3H3,(H,52,59)(H,53,60)(H,55,61)(H2,54,56,62). The molecule has 15 heteroatoms. The molecule has 2 aliphatic rings. The van der Waals surface area contributed by atoms with Gasteiger partial charge in [0.1, 0.15) is 22.9 Å². The second-order valence-corrected chi connectivity index (χ2v) is 17.5. The van der Waals surface area contributed by atoms with Gasteiger partial charge in [-0.3, -0.25) is 14.4 Å². The second-order valence-electron chi connectivity index (χ2n) is 16.2. The number of nitrogens with zero attached hydrogens (tertiary/aromatic N) is 2. The van der Waals surface area contributed by atoms with Crippen molar-refractivity contribution in [2.45, 2.75) is 62.4 Å². The highest BCUT2D eigenvalue weighted by Crippen LogP contribution is 2.36. The molecule has 2 fully saturated rings. The number of aromatic nitrogens is 2. The molecule has 5 N–H and O–H groups in total. The number of hydrogen-bond acceptors (Lipinski definition) is 9. The van der Waals surface area contributed by atoms with E-state index in [1.165, 1.54) is 0 Å². The number of unbranched alkanes of at least 4 members (excludes halogenated alkanes) is 1. The van der Waals surface area contributed by atoms with E-state index >= 15 is 0 Å². The van der Waals surface area contributed by atoms with Gasteiger partial charge in [-0.2, -0.15) is 16.9 Å². The van der Waals surface area contributed by atoms with E-state index < -0.39 is 6.04 Å². The molecule has 2 saturated heterocycles. The number of para-hydroxylation sites is 1. The van der Waals surface area contributed by atoms with Crippen LogP contribution in [0.1, 0.15) is 76.9 Å². The minimum atomic E-state index is -0.539. The molecule has 0 radical (unpaired) electrons. The smallest absolute Gasteiger partial charge is 0.315 e. The van der Waals surface area contributed by atoms with Crippen LogP contribution in [0.15, 0.2) is 115 Å². The molecule has 342 valence electrons. The summed E-state index contributed by atoms with van der Waals surface area (Å²) in [6, 6.07) is 35.6. The van der Waals surface area contributed by atoms with Crippen molar-refractivity contribution in [2.24, 2.45) is 0 Å². The number of carbonyl (C=O) groups is 4. The van der Waals surface area contributed by atoms with Gasteiger partial charge in [0, 0.05) is 64.2 Å². The fraction of sp³-hybridized carbons (Fsp3) is 0.314. The van der Waals surface area contributed by atoms with Crippen LogP contribution in [0.4, 0.5) is 4.79 Å². The third-order valence-corrected chi connectivity index (χ3v) is 13.5. The molecule has 8 rings (SSSR count). The van der Waals surface area contributed by atoms with E-state index in [4.69, 9.17) is 19.3 Å². The number of rotatable bonds is 20. The molecule has 0 saturated carbocycles. The minimum absolute atomic E-state index is 0.0112. The summed E-state index contributed by atoms with van der Waals surface area (Å²) in [5, 5.41) is 21.5. The van der Waals surface area contributed by atoms with Gasteiger partial charge in [-0.25, -0.2) is 9.48 Å². The Balaban J connectivity index is 0.860. The van der Waals surface area contributed by atoms with E-state index in [-0.39, 0.29) is 35.8 Å². The molecule has 3 heterocycles. The molecule has 66 heavy (non-hydrogen) atoms. The van der Waals surface area contributed by atoms with E-state index in [0.29, 0.717) is 60.4 Å². The summed E-state index contributed by atoms with van der Waals surface area (Å²) >= 11 is 1.89. The largest absolute Gasteiger partial charge is 0.497 e. The predicted octanol–water partition coefficient (Wildman–Crippen LogP) is 7.59. The molecule has 1 aromatic heterocycles. The number of thioether (sulfide) groups is 1. The van der Waals surface area contributed by atoms with Crippen molar-refractivity contribution in [1.82, 2.24) is 36.4 Å². The van der Waals surface area contributed by atoms with Gasteiger partial charge in [0.25, 0.3) is 11.8 Å². The zero-order valence-corrected chi connectivity index (χ0v) is 38.1. The summed E-state index contributed by atoms with van der Waals surface area (Å²) in [4.78, 5) is 51.0. The molecule has 0 aliphatic carbocycles. The number of hydrogen-bond donors (Lipinski definition) is 5. The van der Waals surface area contributed by atoms with E-state index in [9.17, 15) is 19.2 Å². The van der Waals surface area contributed by atoms with Gasteiger partial charge < -0.3 is 40.8 Å². The molecule has 0 bridgehead atoms. The Morgan fingerprint density at radius 3 is 2.29 bits per heavy atom. The predicted molar refractivity (Wildman–Crippen MR) is 257 cm³/mol. The Kier molecular flexibility index (Phi) is 14.7. The molecule has 5 aromatic carbocycles. The summed E-state index contributed by atoms with van der Waals surface area (Å²) in [6.07, 6.45) is 3.79. The Labute approximate surface area is 388 Å². The van der Waals surface area contributed by atoms with Gasteiger partial charge in [0.15, 0.2) is 0 Å². The number of ether oxygens (including phenoxy) is 3. The van der Waals surface area contributed by atoms with Gasteiger partial charge in [-0.15, -0.1) is 0 Å². The van der Waals surface area contributed by atoms with Crippen LogP contribution < -0.4 is 40.8 Å². The number of carbonyl (C=O) groups excluding carboxylic acids is 4. The Hall–Kier alpha value is -7.00. The van der Waals surface area contributed by atoms with Gasteiger partial charge in [0.2, 0.25) is 5.91 Å². The van der Waals surface area contributed by atoms with Crippen LogP contribution in [0.5, 0.6) is 17.2 Å². The number of fused-ring (bicyclic) bond motifs is 2. The van der Waals surface area contributed by atoms with Crippen molar-refractivity contribution in [2.75, 3.05) is 39.7 Å². The van der Waals surface area contributed by atoms with E-state index in [1.54, 1.807) is 44.6 Å². The van der Waals surface area contributed by atoms with E-state index in [0.717, 1.165) is 69.7 Å². The van der Waals surface area contributed by atoms with Crippen molar-refractivity contribution in [3.8, 4) is 34.2 Å². The molecular weight excluding hydrogens is 855 g/mol. The lowest BCUT2D eigenvalue weighted by molar-refractivity contribution is -0.121. The summed E-state index contributed by atoms with van der Waals surface area (Å²) in [7, 11) is 3.19. The average molecular weight is 910 g/mol. The lowest BCUT2D eigenvalue weighted by Crippen LogP contribution is -2.36. The molecule has 2 aliphatic heterocycles. The highest BCUT2D eigenvalue weighted by Gasteiger charge is 2.42. The van der Waals surface area contributed by atoms with Gasteiger partial charge in [-0.05, 0) is 98.5 Å². The average Bonchev–Trinajstić information content (AvgIpc) is 4.04. The maximum Gasteiger partial charge on any atom is 0.315 e. The lowest BCUT2D eigenvalue weighted by Gasteiger charge is -2.23. The van der Waals surface area contributed by atoms with Crippen LogP contribution in [0.3, 0.4) is 0 Å². The Morgan fingerprint density at radius 2 is 1.53 bits per heavy atom. The third-order valence-electron chi connectivity index (χ3n) is 12.0. The topological polar surface area (TPSA) is 174 Å². The van der Waals surface area contributed by atoms with Gasteiger partial charge in [-0.1, -0.05) is 48.9 Å². The van der Waals surface area contributed by atoms with Crippen molar-refractivity contribution in [3.05, 3.63) is 138 Å². The van der Waals surface area contributed by atoms with E-state index in [1.807, 2.05) is 108 Å². The van der Waals surface area contributed by atoms with Crippen LogP contribution in [0.2, 0.25) is 0 Å². The quantitative estimate of drug-likeness (QED) is 0.0382. The number of urea groups is 1. The van der Waals surface area contributed by atoms with Crippen LogP contribution >= 0.6 is 11.8 Å². The monoisotopic (exact) mass is 909 g/mol. The maximum absolute atomic E-state index is 14.0. The molecule has 4 atom stereocenters. The molecule has 4 unspecified atom stereocenters. The van der Waals surface area contributed by atoms with Crippen LogP contribution in [-0.4, -0.2) is 90.5 Å². The van der Waals surface area contributed by atoms with Crippen molar-refractivity contribution < 1.29 is 33.4 Å². The Bertz CT molecular complexity index is 2650. The third kappa shape index (κ3) is 10.6. The number of methoxy groups -OCH3 is 2. The molecule has 14 nitrogen and oxygen atoms in total. The lowest BCUT2D eigenvalue weighted by atomic mass is 9.97. The fourth-order valence-electron chi connectivity index (χ4n) is 8.53. The highest BCUT2D eigenvalue weighted by atomic mass is 32.2. The van der Waals surface area contributed by atoms with Crippen molar-refractivity contribution in [3.63, 3.8) is 0 Å². The zero-order chi connectivity index (χ0) is 46.0. The highest BCUT2D eigenvalue weighted by molar-refractivity contribution is 8.00. The number of benzene rings is 5. The van der Waals surface area contributed by atoms with Gasteiger partial charge in [0.05, 0.1) is 50.2 Å². The van der Waals surface area contributed by atoms with Crippen LogP contribution in [0.25, 0.3) is 27.8 Å². The zero-order valence-electron chi connectivity index (χ0n) is 37.3. The van der Waals surface area contributed by atoms with Crippen molar-refractivity contribution >= 4 is 46.4 Å². The molecule has 6 aromatic rings. The van der Waals surface area contributed by atoms with Crippen LogP contribution in [-0.2, 0) is 4.79 Å².